The van der Waals surface area contributed by atoms with E-state index in [1.165, 1.54) is 21.6 Å². The van der Waals surface area contributed by atoms with Crippen LogP contribution in [0.15, 0.2) is 60.7 Å². The van der Waals surface area contributed by atoms with Crippen molar-refractivity contribution in [3.63, 3.8) is 0 Å². The highest BCUT2D eigenvalue weighted by atomic mass is 32.1. The number of methoxy groups -OCH3 is 1. The Balaban J connectivity index is 1.26. The van der Waals surface area contributed by atoms with Crippen molar-refractivity contribution >= 4 is 59.8 Å². The number of para-hydroxylation sites is 1. The highest BCUT2D eigenvalue weighted by Gasteiger charge is 2.15. The Morgan fingerprint density at radius 2 is 1.85 bits per heavy atom. The quantitative estimate of drug-likeness (QED) is 0.329. The summed E-state index contributed by atoms with van der Waals surface area (Å²) in [6, 6.07) is 19.9. The summed E-state index contributed by atoms with van der Waals surface area (Å²) in [4.78, 5) is 23.8. The largest absolute Gasteiger partial charge is 0.494 e. The fraction of sp³-hybridized carbons (Fsp3) is 0.160. The Morgan fingerprint density at radius 1 is 1.03 bits per heavy atom. The Kier molecular flexibility index (Phi) is 5.70. The maximum atomic E-state index is 12.6. The third kappa shape index (κ3) is 4.40. The van der Waals surface area contributed by atoms with Gasteiger partial charge in [0.2, 0.25) is 5.91 Å². The van der Waals surface area contributed by atoms with Crippen LogP contribution in [0.5, 0.6) is 5.75 Å². The summed E-state index contributed by atoms with van der Waals surface area (Å²) >= 11 is 3.21. The fourth-order valence-corrected chi connectivity index (χ4v) is 5.59. The topological polar surface area (TPSA) is 67.3 Å². The van der Waals surface area contributed by atoms with E-state index in [0.717, 1.165) is 42.9 Å². The maximum Gasteiger partial charge on any atom is 0.243 e. The highest BCUT2D eigenvalue weighted by Crippen LogP contribution is 2.34. The van der Waals surface area contributed by atoms with Gasteiger partial charge in [0.1, 0.15) is 16.3 Å². The van der Waals surface area contributed by atoms with Crippen LogP contribution < -0.4 is 15.0 Å². The van der Waals surface area contributed by atoms with Gasteiger partial charge in [-0.1, -0.05) is 23.5 Å². The summed E-state index contributed by atoms with van der Waals surface area (Å²) in [5.74, 6) is 0.628. The molecule has 0 unspecified atom stereocenters. The van der Waals surface area contributed by atoms with Crippen LogP contribution >= 0.6 is 22.7 Å². The predicted molar refractivity (Wildman–Crippen MR) is 138 cm³/mol. The first-order valence-corrected chi connectivity index (χ1v) is 12.1. The zero-order valence-corrected chi connectivity index (χ0v) is 20.1. The number of benzene rings is 3. The molecule has 2 aromatic heterocycles. The van der Waals surface area contributed by atoms with E-state index in [2.05, 4.69) is 35.4 Å². The van der Waals surface area contributed by atoms with Gasteiger partial charge < -0.3 is 15.0 Å². The second-order valence-electron chi connectivity index (χ2n) is 7.78. The van der Waals surface area contributed by atoms with Gasteiger partial charge in [0.25, 0.3) is 0 Å². The SMILES string of the molecule is COc1cccc2sc(N(C)CC(=O)Nc3ccc(-c4nc5ccc(C)cc5s4)cc3)nc12. The fourth-order valence-electron chi connectivity index (χ4n) is 3.57. The molecule has 33 heavy (non-hydrogen) atoms. The lowest BCUT2D eigenvalue weighted by Crippen LogP contribution is -2.29. The zero-order chi connectivity index (χ0) is 22.9. The molecule has 0 aliphatic heterocycles. The first-order valence-electron chi connectivity index (χ1n) is 10.4. The van der Waals surface area contributed by atoms with E-state index in [4.69, 9.17) is 9.72 Å². The van der Waals surface area contributed by atoms with Crippen molar-refractivity contribution < 1.29 is 9.53 Å². The standard InChI is InChI=1S/C25H22N4O2S2/c1-15-7-12-18-21(13-15)32-24(27-18)16-8-10-17(11-9-16)26-22(30)14-29(2)25-28-23-19(31-3)5-4-6-20(23)33-25/h4-13H,14H2,1-3H3,(H,26,30). The lowest BCUT2D eigenvalue weighted by Gasteiger charge is -2.15. The molecule has 0 radical (unpaired) electrons. The summed E-state index contributed by atoms with van der Waals surface area (Å²) in [5, 5.41) is 4.71. The summed E-state index contributed by atoms with van der Waals surface area (Å²) < 4.78 is 7.59. The number of carbonyl (C=O) groups is 1. The van der Waals surface area contributed by atoms with Crippen LogP contribution in [-0.2, 0) is 4.79 Å². The normalized spacial score (nSPS) is 11.1. The molecule has 1 N–H and O–H groups in total. The van der Waals surface area contributed by atoms with Crippen molar-refractivity contribution in [3.8, 4) is 16.3 Å². The van der Waals surface area contributed by atoms with Crippen LogP contribution in [0, 0.1) is 6.92 Å². The van der Waals surface area contributed by atoms with Gasteiger partial charge in [0.05, 0.1) is 28.6 Å². The van der Waals surface area contributed by atoms with E-state index in [1.807, 2.05) is 54.4 Å². The molecule has 0 aliphatic rings. The molecular formula is C25H22N4O2S2. The number of hydrogen-bond acceptors (Lipinski definition) is 7. The Hall–Kier alpha value is -3.49. The minimum Gasteiger partial charge on any atom is -0.494 e. The number of carbonyl (C=O) groups excluding carboxylic acids is 1. The van der Waals surface area contributed by atoms with E-state index in [1.54, 1.807) is 18.4 Å². The molecule has 0 fully saturated rings. The van der Waals surface area contributed by atoms with Crippen molar-refractivity contribution in [1.29, 1.82) is 0 Å². The van der Waals surface area contributed by atoms with E-state index >= 15 is 0 Å². The Bertz CT molecular complexity index is 1460. The number of aromatic nitrogens is 2. The van der Waals surface area contributed by atoms with E-state index in [0.29, 0.717) is 0 Å². The molecule has 0 spiro atoms. The van der Waals surface area contributed by atoms with Gasteiger partial charge in [-0.3, -0.25) is 4.79 Å². The van der Waals surface area contributed by atoms with Crippen molar-refractivity contribution in [3.05, 3.63) is 66.2 Å². The molecule has 0 atom stereocenters. The van der Waals surface area contributed by atoms with Crippen LogP contribution in [0.2, 0.25) is 0 Å². The number of amides is 1. The van der Waals surface area contributed by atoms with Gasteiger partial charge in [-0.25, -0.2) is 9.97 Å². The van der Waals surface area contributed by atoms with Crippen molar-refractivity contribution in [2.24, 2.45) is 0 Å². The number of ether oxygens (including phenoxy) is 1. The highest BCUT2D eigenvalue weighted by molar-refractivity contribution is 7.22. The van der Waals surface area contributed by atoms with Gasteiger partial charge in [-0.05, 0) is 61.0 Å². The molecule has 0 saturated carbocycles. The zero-order valence-electron chi connectivity index (χ0n) is 18.5. The molecule has 1 amide bonds. The summed E-state index contributed by atoms with van der Waals surface area (Å²) in [5.41, 5.74) is 4.83. The van der Waals surface area contributed by atoms with Gasteiger partial charge in [-0.2, -0.15) is 0 Å². The minimum atomic E-state index is -0.105. The van der Waals surface area contributed by atoms with Crippen LogP contribution in [0.1, 0.15) is 5.56 Å². The summed E-state index contributed by atoms with van der Waals surface area (Å²) in [6.07, 6.45) is 0. The number of aryl methyl sites for hydroxylation is 1. The number of nitrogens with one attached hydrogen (secondary N) is 1. The second kappa shape index (κ2) is 8.80. The number of nitrogens with zero attached hydrogens (tertiary/aromatic N) is 3. The molecule has 3 aromatic carbocycles. The number of anilines is 2. The predicted octanol–water partition coefficient (Wildman–Crippen LogP) is 5.96. The molecular weight excluding hydrogens is 452 g/mol. The van der Waals surface area contributed by atoms with Crippen molar-refractivity contribution in [2.75, 3.05) is 30.9 Å². The molecule has 5 rings (SSSR count). The van der Waals surface area contributed by atoms with Crippen LogP contribution in [0.3, 0.4) is 0 Å². The van der Waals surface area contributed by atoms with Gasteiger partial charge in [0, 0.05) is 18.3 Å². The van der Waals surface area contributed by atoms with Gasteiger partial charge >= 0.3 is 0 Å². The van der Waals surface area contributed by atoms with Crippen molar-refractivity contribution in [2.45, 2.75) is 6.92 Å². The van der Waals surface area contributed by atoms with Gasteiger partial charge in [-0.15, -0.1) is 11.3 Å². The van der Waals surface area contributed by atoms with E-state index < -0.39 is 0 Å². The molecule has 5 aromatic rings. The number of likely N-dealkylation sites (N-methyl/N-ethyl adjacent to an activating group) is 1. The molecule has 0 aliphatic carbocycles. The van der Waals surface area contributed by atoms with Crippen molar-refractivity contribution in [1.82, 2.24) is 9.97 Å². The van der Waals surface area contributed by atoms with Crippen LogP contribution in [0.4, 0.5) is 10.8 Å². The molecule has 166 valence electrons. The molecule has 2 heterocycles. The molecule has 0 bridgehead atoms. The minimum absolute atomic E-state index is 0.105. The molecule has 6 nitrogen and oxygen atoms in total. The van der Waals surface area contributed by atoms with E-state index in [-0.39, 0.29) is 12.5 Å². The van der Waals surface area contributed by atoms with Crippen LogP contribution in [0.25, 0.3) is 31.0 Å². The Labute approximate surface area is 199 Å². The van der Waals surface area contributed by atoms with Crippen LogP contribution in [-0.4, -0.2) is 36.6 Å². The lowest BCUT2D eigenvalue weighted by molar-refractivity contribution is -0.114. The average molecular weight is 475 g/mol. The monoisotopic (exact) mass is 474 g/mol. The third-order valence-corrected chi connectivity index (χ3v) is 7.46. The summed E-state index contributed by atoms with van der Waals surface area (Å²) in [6.45, 7) is 2.28. The second-order valence-corrected chi connectivity index (χ2v) is 9.81. The average Bonchev–Trinajstić information content (AvgIpc) is 3.43. The molecule has 8 heteroatoms. The number of hydrogen-bond donors (Lipinski definition) is 1. The Morgan fingerprint density at radius 3 is 2.64 bits per heavy atom. The first-order chi connectivity index (χ1) is 16.0. The summed E-state index contributed by atoms with van der Waals surface area (Å²) in [7, 11) is 3.50. The maximum absolute atomic E-state index is 12.6. The first kappa shape index (κ1) is 21.4. The van der Waals surface area contributed by atoms with Gasteiger partial charge in [0.15, 0.2) is 5.13 Å². The smallest absolute Gasteiger partial charge is 0.243 e. The number of thiazole rings is 2. The number of rotatable bonds is 6. The third-order valence-electron chi connectivity index (χ3n) is 5.26. The molecule has 0 saturated heterocycles. The van der Waals surface area contributed by atoms with E-state index in [9.17, 15) is 4.79 Å². The number of fused-ring (bicyclic) bond motifs is 2. The lowest BCUT2D eigenvalue weighted by atomic mass is 10.2.